The third-order valence-electron chi connectivity index (χ3n) is 5.05. The molecule has 29 heavy (non-hydrogen) atoms. The molecule has 4 rings (SSSR count). The van der Waals surface area contributed by atoms with Crippen molar-refractivity contribution in [3.8, 4) is 5.00 Å². The van der Waals surface area contributed by atoms with E-state index in [0.29, 0.717) is 22.4 Å². The van der Waals surface area contributed by atoms with Crippen molar-refractivity contribution < 1.29 is 14.6 Å². The predicted octanol–water partition coefficient (Wildman–Crippen LogP) is 3.33. The van der Waals surface area contributed by atoms with Crippen molar-refractivity contribution in [3.63, 3.8) is 0 Å². The van der Waals surface area contributed by atoms with Gasteiger partial charge in [-0.05, 0) is 38.5 Å². The number of carbonyl (C=O) groups is 1. The molecule has 2 atom stereocenters. The van der Waals surface area contributed by atoms with Crippen molar-refractivity contribution in [2.24, 2.45) is 4.99 Å². The molecule has 2 aromatic heterocycles. The number of benzene rings is 1. The minimum Gasteiger partial charge on any atom is -0.467 e. The van der Waals surface area contributed by atoms with Gasteiger partial charge in [-0.25, -0.2) is 4.79 Å². The molecule has 0 fully saturated rings. The Bertz CT molecular complexity index is 1130. The number of thiophene rings is 1. The van der Waals surface area contributed by atoms with Gasteiger partial charge in [-0.15, -0.1) is 21.5 Å². The summed E-state index contributed by atoms with van der Waals surface area (Å²) in [7, 11) is 1.23. The Morgan fingerprint density at radius 1 is 1.24 bits per heavy atom. The average Bonchev–Trinajstić information content (AvgIpc) is 3.17. The molecule has 0 radical (unpaired) electrons. The van der Waals surface area contributed by atoms with E-state index < -0.39 is 18.1 Å². The summed E-state index contributed by atoms with van der Waals surface area (Å²) in [6.07, 6.45) is -1.51. The highest BCUT2D eigenvalue weighted by molar-refractivity contribution is 7.15. The second-order valence-electron chi connectivity index (χ2n) is 6.80. The van der Waals surface area contributed by atoms with E-state index in [9.17, 15) is 9.90 Å². The lowest BCUT2D eigenvalue weighted by atomic mass is 9.99. The Labute approximate surface area is 176 Å². The van der Waals surface area contributed by atoms with Crippen LogP contribution in [0.15, 0.2) is 29.3 Å². The molecular formula is C20H19ClN4O3S. The number of aromatic nitrogens is 3. The van der Waals surface area contributed by atoms with Gasteiger partial charge in [0.05, 0.1) is 12.8 Å². The Kier molecular flexibility index (Phi) is 5.02. The number of aliphatic hydroxyl groups excluding tert-OH is 1. The van der Waals surface area contributed by atoms with E-state index in [2.05, 4.69) is 10.2 Å². The first kappa shape index (κ1) is 19.8. The maximum absolute atomic E-state index is 12.1. The maximum Gasteiger partial charge on any atom is 0.337 e. The number of carbonyl (C=O) groups excluding carboxylic acids is 1. The van der Waals surface area contributed by atoms with E-state index in [4.69, 9.17) is 21.3 Å². The molecule has 1 unspecified atom stereocenters. The Hall–Kier alpha value is -2.55. The molecule has 1 aliphatic rings. The molecule has 1 aliphatic heterocycles. The predicted molar refractivity (Wildman–Crippen MR) is 111 cm³/mol. The van der Waals surface area contributed by atoms with Crippen LogP contribution in [-0.2, 0) is 9.53 Å². The first-order valence-corrected chi connectivity index (χ1v) is 10.1. The highest BCUT2D eigenvalue weighted by Gasteiger charge is 2.37. The number of nitrogens with zero attached hydrogens (tertiary/aromatic N) is 4. The van der Waals surface area contributed by atoms with Gasteiger partial charge in [-0.2, -0.15) is 0 Å². The van der Waals surface area contributed by atoms with Crippen LogP contribution >= 0.6 is 22.9 Å². The Morgan fingerprint density at radius 2 is 1.93 bits per heavy atom. The Morgan fingerprint density at radius 3 is 2.59 bits per heavy atom. The first-order chi connectivity index (χ1) is 13.8. The number of rotatable bonds is 3. The van der Waals surface area contributed by atoms with Crippen molar-refractivity contribution in [2.75, 3.05) is 7.11 Å². The van der Waals surface area contributed by atoms with Gasteiger partial charge in [-0.3, -0.25) is 9.56 Å². The second kappa shape index (κ2) is 7.37. The molecule has 1 aromatic carbocycles. The van der Waals surface area contributed by atoms with Crippen LogP contribution in [0.3, 0.4) is 0 Å². The third kappa shape index (κ3) is 3.17. The second-order valence-corrected chi connectivity index (χ2v) is 8.44. The number of esters is 1. The van der Waals surface area contributed by atoms with Crippen LogP contribution in [0, 0.1) is 20.8 Å². The van der Waals surface area contributed by atoms with Crippen LogP contribution < -0.4 is 0 Å². The topological polar surface area (TPSA) is 89.6 Å². The number of halogens is 1. The summed E-state index contributed by atoms with van der Waals surface area (Å²) >= 11 is 7.67. The summed E-state index contributed by atoms with van der Waals surface area (Å²) in [5, 5.41) is 20.6. The van der Waals surface area contributed by atoms with Crippen LogP contribution in [0.25, 0.3) is 5.00 Å². The smallest absolute Gasteiger partial charge is 0.337 e. The number of hydrogen-bond acceptors (Lipinski definition) is 7. The lowest BCUT2D eigenvalue weighted by Gasteiger charge is -2.17. The van der Waals surface area contributed by atoms with Gasteiger partial charge in [0, 0.05) is 21.0 Å². The molecular weight excluding hydrogens is 412 g/mol. The third-order valence-corrected chi connectivity index (χ3v) is 6.49. The SMILES string of the molecule is COC(=O)C(O)[C@@H]1N=C(c2ccc(Cl)cc2)c2c(sc(C)c2C)-n2c(C)nnc21. The van der Waals surface area contributed by atoms with Crippen molar-refractivity contribution >= 4 is 34.6 Å². The molecule has 7 nitrogen and oxygen atoms in total. The number of aliphatic hydroxyl groups is 1. The summed E-state index contributed by atoms with van der Waals surface area (Å²) in [5.41, 5.74) is 3.50. The van der Waals surface area contributed by atoms with Gasteiger partial charge < -0.3 is 9.84 Å². The zero-order valence-electron chi connectivity index (χ0n) is 16.3. The number of aliphatic imine (C=N–C) groups is 1. The van der Waals surface area contributed by atoms with E-state index in [1.165, 1.54) is 7.11 Å². The van der Waals surface area contributed by atoms with Crippen molar-refractivity contribution in [1.82, 2.24) is 14.8 Å². The van der Waals surface area contributed by atoms with Crippen molar-refractivity contribution in [3.05, 3.63) is 62.5 Å². The molecule has 0 bridgehead atoms. The number of fused-ring (bicyclic) bond motifs is 3. The molecule has 3 heterocycles. The van der Waals surface area contributed by atoms with E-state index in [-0.39, 0.29) is 0 Å². The van der Waals surface area contributed by atoms with Crippen LogP contribution in [-0.4, -0.2) is 44.8 Å². The Balaban J connectivity index is 2.04. The van der Waals surface area contributed by atoms with Gasteiger partial charge >= 0.3 is 5.97 Å². The summed E-state index contributed by atoms with van der Waals surface area (Å²) in [4.78, 5) is 18.1. The minimum absolute atomic E-state index is 0.395. The summed E-state index contributed by atoms with van der Waals surface area (Å²) in [6.45, 7) is 5.92. The molecule has 0 saturated carbocycles. The first-order valence-electron chi connectivity index (χ1n) is 8.95. The van der Waals surface area contributed by atoms with Crippen molar-refractivity contribution in [1.29, 1.82) is 0 Å². The molecule has 3 aromatic rings. The lowest BCUT2D eigenvalue weighted by molar-refractivity contribution is -0.151. The van der Waals surface area contributed by atoms with Gasteiger partial charge in [0.1, 0.15) is 16.9 Å². The average molecular weight is 431 g/mol. The number of ether oxygens (including phenoxy) is 1. The lowest BCUT2D eigenvalue weighted by Crippen LogP contribution is -2.30. The number of methoxy groups -OCH3 is 1. The molecule has 1 N–H and O–H groups in total. The fraction of sp³-hybridized carbons (Fsp3) is 0.300. The highest BCUT2D eigenvalue weighted by Crippen LogP contribution is 2.39. The normalized spacial score (nSPS) is 16.5. The van der Waals surface area contributed by atoms with E-state index in [0.717, 1.165) is 26.6 Å². The van der Waals surface area contributed by atoms with Crippen LogP contribution in [0.5, 0.6) is 0 Å². The van der Waals surface area contributed by atoms with Gasteiger partial charge in [0.15, 0.2) is 11.9 Å². The summed E-state index contributed by atoms with van der Waals surface area (Å²) in [6, 6.07) is 6.36. The fourth-order valence-electron chi connectivity index (χ4n) is 3.42. The molecule has 0 aliphatic carbocycles. The minimum atomic E-state index is -1.51. The molecule has 0 amide bonds. The largest absolute Gasteiger partial charge is 0.467 e. The van der Waals surface area contributed by atoms with Crippen LogP contribution in [0.2, 0.25) is 5.02 Å². The number of aryl methyl sites for hydroxylation is 2. The molecule has 9 heteroatoms. The zero-order chi connectivity index (χ0) is 20.9. The van der Waals surface area contributed by atoms with Gasteiger partial charge in [0.25, 0.3) is 0 Å². The molecule has 150 valence electrons. The van der Waals surface area contributed by atoms with E-state index in [1.807, 2.05) is 37.5 Å². The monoisotopic (exact) mass is 430 g/mol. The highest BCUT2D eigenvalue weighted by atomic mass is 35.5. The maximum atomic E-state index is 12.1. The van der Waals surface area contributed by atoms with Crippen LogP contribution in [0.4, 0.5) is 0 Å². The quantitative estimate of drug-likeness (QED) is 0.643. The van der Waals surface area contributed by atoms with Gasteiger partial charge in [0.2, 0.25) is 0 Å². The van der Waals surface area contributed by atoms with E-state index >= 15 is 0 Å². The van der Waals surface area contributed by atoms with Crippen LogP contribution in [0.1, 0.15) is 39.3 Å². The molecule has 0 spiro atoms. The zero-order valence-corrected chi connectivity index (χ0v) is 17.9. The summed E-state index contributed by atoms with van der Waals surface area (Å²) < 4.78 is 6.62. The van der Waals surface area contributed by atoms with Crippen molar-refractivity contribution in [2.45, 2.75) is 32.9 Å². The van der Waals surface area contributed by atoms with E-state index in [1.54, 1.807) is 23.5 Å². The molecule has 0 saturated heterocycles. The number of hydrogen-bond donors (Lipinski definition) is 1. The van der Waals surface area contributed by atoms with Gasteiger partial charge in [-0.1, -0.05) is 23.7 Å². The fourth-order valence-corrected chi connectivity index (χ4v) is 4.76. The summed E-state index contributed by atoms with van der Waals surface area (Å²) in [5.74, 6) is 0.267. The standard InChI is InChI=1S/C20H19ClN4O3S/c1-9-10(2)29-19-14(9)15(12-5-7-13(21)8-6-12)22-16(17(26)20(27)28-4)18-24-23-11(3)25(18)19/h5-8,16-17,26H,1-4H3/t16-,17?/m0/s1.